The van der Waals surface area contributed by atoms with E-state index in [9.17, 15) is 0 Å². The van der Waals surface area contributed by atoms with Gasteiger partial charge in [0.1, 0.15) is 0 Å². The van der Waals surface area contributed by atoms with Crippen LogP contribution in [-0.4, -0.2) is 5.83 Å². The Morgan fingerprint density at radius 1 is 0.578 bits per heavy atom. The predicted molar refractivity (Wildman–Crippen MR) is 202 cm³/mol. The summed E-state index contributed by atoms with van der Waals surface area (Å²) in [5.41, 5.74) is 14.2. The van der Waals surface area contributed by atoms with E-state index in [1.165, 1.54) is 75.8 Å². The molecule has 1 aromatic heterocycles. The molecule has 0 amide bonds. The van der Waals surface area contributed by atoms with Gasteiger partial charge in [-0.3, -0.25) is 0 Å². The van der Waals surface area contributed by atoms with E-state index in [-0.39, 0.29) is 0 Å². The van der Waals surface area contributed by atoms with Crippen molar-refractivity contribution in [3.05, 3.63) is 186 Å². The molecule has 1 spiro atoms. The van der Waals surface area contributed by atoms with Gasteiger partial charge in [-0.2, -0.15) is 0 Å². The highest BCUT2D eigenvalue weighted by molar-refractivity contribution is 9.08. The zero-order chi connectivity index (χ0) is 31.3. The van der Waals surface area contributed by atoms with Crippen LogP contribution in [0, 0.1) is 6.92 Å². The monoisotopic (exact) mass is 660 g/mol. The number of rotatable bonds is 5. The Hall–Kier alpha value is -4.50. The molecule has 0 aliphatic heterocycles. The Morgan fingerprint density at radius 2 is 1.16 bits per heavy atom. The summed E-state index contributed by atoms with van der Waals surface area (Å²) in [5, 5.41) is 2.64. The van der Waals surface area contributed by atoms with Crippen molar-refractivity contribution in [2.24, 2.45) is 0 Å². The van der Waals surface area contributed by atoms with E-state index in [0.717, 1.165) is 11.1 Å². The van der Waals surface area contributed by atoms with Gasteiger partial charge in [-0.1, -0.05) is 145 Å². The Kier molecular flexibility index (Phi) is 7.44. The van der Waals surface area contributed by atoms with Crippen LogP contribution in [0.1, 0.15) is 22.3 Å². The zero-order valence-electron chi connectivity index (χ0n) is 25.5. The van der Waals surface area contributed by atoms with E-state index in [2.05, 4.69) is 152 Å². The molecule has 218 valence electrons. The molecule has 45 heavy (non-hydrogen) atoms. The Balaban J connectivity index is 0.00000160. The highest BCUT2D eigenvalue weighted by Gasteiger charge is 2.53. The molecule has 2 heteroatoms. The van der Waals surface area contributed by atoms with Crippen molar-refractivity contribution in [2.75, 3.05) is 5.83 Å². The van der Waals surface area contributed by atoms with Crippen LogP contribution in [0.5, 0.6) is 0 Å². The van der Waals surface area contributed by atoms with Crippen LogP contribution in [-0.2, 0) is 5.41 Å². The van der Waals surface area contributed by atoms with Crippen molar-refractivity contribution in [1.82, 2.24) is 0 Å². The fourth-order valence-corrected chi connectivity index (χ4v) is 8.77. The summed E-state index contributed by atoms with van der Waals surface area (Å²) >= 11 is 4.80. The lowest BCUT2D eigenvalue weighted by Crippen LogP contribution is -2.27. The average Bonchev–Trinajstić information content (AvgIpc) is 3.71. The third-order valence-corrected chi connectivity index (χ3v) is 10.6. The van der Waals surface area contributed by atoms with Crippen molar-refractivity contribution in [3.63, 3.8) is 0 Å². The number of allylic oxidation sites excluding steroid dienone is 7. The molecule has 0 nitrogen and oxygen atoms in total. The normalized spacial score (nSPS) is 14.4. The molecular formula is C43H33BrS. The summed E-state index contributed by atoms with van der Waals surface area (Å²) in [4.78, 5) is 0. The van der Waals surface area contributed by atoms with Crippen LogP contribution in [0.4, 0.5) is 0 Å². The number of alkyl halides is 1. The number of benzene rings is 5. The summed E-state index contributed by atoms with van der Waals surface area (Å²) in [5.74, 6) is 1.81. The summed E-state index contributed by atoms with van der Waals surface area (Å²) in [7, 11) is 0. The third kappa shape index (κ3) is 4.09. The smallest absolute Gasteiger partial charge is 0.0731 e. The van der Waals surface area contributed by atoms with E-state index in [4.69, 9.17) is 0 Å². The number of fused-ring (bicyclic) bond motifs is 8. The van der Waals surface area contributed by atoms with Crippen molar-refractivity contribution in [2.45, 2.75) is 12.3 Å². The van der Waals surface area contributed by atoms with Crippen molar-refractivity contribution in [1.29, 1.82) is 0 Å². The maximum atomic E-state index is 4.35. The van der Waals surface area contributed by atoms with Crippen LogP contribution in [0.3, 0.4) is 0 Å². The highest BCUT2D eigenvalue weighted by atomic mass is 79.9. The molecule has 0 radical (unpaired) electrons. The molecule has 0 N–H and O–H groups in total. The summed E-state index contributed by atoms with van der Waals surface area (Å²) in [6, 6.07) is 40.2. The van der Waals surface area contributed by atoms with Gasteiger partial charge < -0.3 is 0 Å². The average molecular weight is 662 g/mol. The molecule has 0 bridgehead atoms. The molecular weight excluding hydrogens is 628 g/mol. The van der Waals surface area contributed by atoms with Gasteiger partial charge in [0.2, 0.25) is 0 Å². The minimum atomic E-state index is -0.497. The van der Waals surface area contributed by atoms with E-state index >= 15 is 0 Å². The van der Waals surface area contributed by atoms with Crippen LogP contribution >= 0.6 is 27.3 Å². The Morgan fingerprint density at radius 3 is 1.80 bits per heavy atom. The molecule has 8 rings (SSSR count). The molecule has 0 saturated carbocycles. The first-order chi connectivity index (χ1) is 22.1. The quantitative estimate of drug-likeness (QED) is 0.161. The van der Waals surface area contributed by atoms with Gasteiger partial charge in [-0.15, -0.1) is 11.3 Å². The van der Waals surface area contributed by atoms with Crippen LogP contribution in [0.25, 0.3) is 48.0 Å². The maximum absolute atomic E-state index is 4.35. The van der Waals surface area contributed by atoms with E-state index in [1.807, 2.05) is 35.4 Å². The lowest BCUT2D eigenvalue weighted by molar-refractivity contribution is 0.836. The second-order valence-corrected chi connectivity index (χ2v) is 12.5. The highest BCUT2D eigenvalue weighted by Crippen LogP contribution is 2.64. The Labute approximate surface area is 278 Å². The van der Waals surface area contributed by atoms with Gasteiger partial charge in [0, 0.05) is 20.2 Å². The topological polar surface area (TPSA) is 0 Å². The van der Waals surface area contributed by atoms with E-state index < -0.39 is 5.41 Å². The minimum absolute atomic E-state index is 0.497. The second kappa shape index (κ2) is 11.5. The zero-order valence-corrected chi connectivity index (χ0v) is 27.9. The lowest BCUT2D eigenvalue weighted by Gasteiger charge is -2.34. The first kappa shape index (κ1) is 29.2. The minimum Gasteiger partial charge on any atom is -0.135 e. The van der Waals surface area contributed by atoms with Gasteiger partial charge in [0.15, 0.2) is 0 Å². The van der Waals surface area contributed by atoms with Crippen molar-refractivity contribution < 1.29 is 0 Å². The van der Waals surface area contributed by atoms with Crippen LogP contribution in [0.15, 0.2) is 164 Å². The third-order valence-electron chi connectivity index (χ3n) is 9.40. The maximum Gasteiger partial charge on any atom is 0.0731 e. The molecule has 0 unspecified atom stereocenters. The second-order valence-electron chi connectivity index (χ2n) is 11.4. The fraction of sp³-hybridized carbons (Fsp3) is 0.0698. The van der Waals surface area contributed by atoms with Gasteiger partial charge >= 0.3 is 0 Å². The molecule has 6 aromatic rings. The molecule has 2 aliphatic rings. The number of aryl methyl sites for hydroxylation is 1. The SMILES string of the molecule is C=CC1=C(C=C)C2(C(c3ccc(-c4ccc5sc6ccccc6c5c4)cc3C)=C1C=C)c1ccccc1-c1ccccc12.CBr. The molecule has 0 fully saturated rings. The van der Waals surface area contributed by atoms with Gasteiger partial charge in [-0.25, -0.2) is 0 Å². The van der Waals surface area contributed by atoms with Gasteiger partial charge in [-0.05, 0) is 97.8 Å². The summed E-state index contributed by atoms with van der Waals surface area (Å²) in [6.07, 6.45) is 6.03. The van der Waals surface area contributed by atoms with E-state index in [0.29, 0.717) is 0 Å². The first-order valence-corrected chi connectivity index (χ1v) is 17.5. The first-order valence-electron chi connectivity index (χ1n) is 15.1. The van der Waals surface area contributed by atoms with Crippen LogP contribution in [0.2, 0.25) is 0 Å². The molecule has 5 aromatic carbocycles. The fourth-order valence-electron chi connectivity index (χ4n) is 7.68. The number of thiophene rings is 1. The standard InChI is InChI=1S/C42H30S.CH3Br/c1-5-29-30(6-2)41(42(36(29)7-3)37-17-11-8-14-32(37)33-15-9-12-18-38(33)42)31-22-20-27(24-26(31)4)28-21-23-40-35(25-28)34-16-10-13-19-39(34)43-40;1-2/h5-25H,1-3H2,4H3;1H3. The molecule has 2 aliphatic carbocycles. The lowest BCUT2D eigenvalue weighted by atomic mass is 9.66. The predicted octanol–water partition coefficient (Wildman–Crippen LogP) is 12.6. The van der Waals surface area contributed by atoms with Crippen molar-refractivity contribution in [3.8, 4) is 22.3 Å². The Bertz CT molecular complexity index is 2210. The van der Waals surface area contributed by atoms with Gasteiger partial charge in [0.25, 0.3) is 0 Å². The van der Waals surface area contributed by atoms with Gasteiger partial charge in [0.05, 0.1) is 5.41 Å². The molecule has 1 heterocycles. The number of hydrogen-bond acceptors (Lipinski definition) is 1. The van der Waals surface area contributed by atoms with Crippen molar-refractivity contribution >= 4 is 53.0 Å². The summed E-state index contributed by atoms with van der Waals surface area (Å²) in [6.45, 7) is 15.2. The molecule has 0 saturated heterocycles. The van der Waals surface area contributed by atoms with Crippen LogP contribution < -0.4 is 0 Å². The molecule has 0 atom stereocenters. The number of halogens is 1. The number of hydrogen-bond donors (Lipinski definition) is 0. The van der Waals surface area contributed by atoms with E-state index in [1.54, 1.807) is 0 Å². The summed E-state index contributed by atoms with van der Waals surface area (Å²) < 4.78 is 2.66. The largest absolute Gasteiger partial charge is 0.135 e.